The average molecular weight is 230 g/mol. The summed E-state index contributed by atoms with van der Waals surface area (Å²) in [4.78, 5) is 12.1. The van der Waals surface area contributed by atoms with Crippen LogP contribution >= 0.6 is 0 Å². The number of hydrogen-bond acceptors (Lipinski definition) is 3. The van der Waals surface area contributed by atoms with Crippen molar-refractivity contribution in [3.8, 4) is 5.75 Å². The van der Waals surface area contributed by atoms with Crippen molar-refractivity contribution in [2.24, 2.45) is 0 Å². The highest BCUT2D eigenvalue weighted by molar-refractivity contribution is 6.08. The Hall–Kier alpha value is -2.10. The lowest BCUT2D eigenvalue weighted by atomic mass is 10.1. The van der Waals surface area contributed by atoms with Crippen LogP contribution in [0.5, 0.6) is 5.75 Å². The minimum atomic E-state index is -0.0210. The van der Waals surface area contributed by atoms with Crippen LogP contribution in [0.1, 0.15) is 22.8 Å². The summed E-state index contributed by atoms with van der Waals surface area (Å²) in [5.41, 5.74) is 1.25. The summed E-state index contributed by atoms with van der Waals surface area (Å²) >= 11 is 0. The zero-order chi connectivity index (χ0) is 12.3. The van der Waals surface area contributed by atoms with Crippen LogP contribution in [0, 0.1) is 0 Å². The maximum atomic E-state index is 12.1. The van der Waals surface area contributed by atoms with Crippen molar-refractivity contribution in [2.75, 3.05) is 7.11 Å². The van der Waals surface area contributed by atoms with Crippen LogP contribution in [0.15, 0.2) is 36.7 Å². The van der Waals surface area contributed by atoms with Crippen LogP contribution in [0.4, 0.5) is 0 Å². The van der Waals surface area contributed by atoms with Crippen molar-refractivity contribution in [1.82, 2.24) is 9.78 Å². The van der Waals surface area contributed by atoms with Gasteiger partial charge in [-0.1, -0.05) is 0 Å². The summed E-state index contributed by atoms with van der Waals surface area (Å²) in [6, 6.07) is 7.06. The van der Waals surface area contributed by atoms with Gasteiger partial charge in [0.15, 0.2) is 5.78 Å². The lowest BCUT2D eigenvalue weighted by Crippen LogP contribution is -2.00. The summed E-state index contributed by atoms with van der Waals surface area (Å²) in [7, 11) is 1.60. The number of hydrogen-bond donors (Lipinski definition) is 0. The molecule has 17 heavy (non-hydrogen) atoms. The molecule has 0 saturated heterocycles. The number of ketones is 1. The quantitative estimate of drug-likeness (QED) is 0.756. The van der Waals surface area contributed by atoms with Crippen LogP contribution in [-0.2, 0) is 6.54 Å². The van der Waals surface area contributed by atoms with Gasteiger partial charge in [0, 0.05) is 18.3 Å². The minimum absolute atomic E-state index is 0.0210. The second-order valence-electron chi connectivity index (χ2n) is 3.64. The molecule has 0 aliphatic carbocycles. The Bertz CT molecular complexity index is 514. The first-order valence-electron chi connectivity index (χ1n) is 5.45. The van der Waals surface area contributed by atoms with Gasteiger partial charge in [0.1, 0.15) is 5.75 Å². The van der Waals surface area contributed by atoms with Gasteiger partial charge in [-0.05, 0) is 31.2 Å². The number of rotatable bonds is 4. The largest absolute Gasteiger partial charge is 0.497 e. The Morgan fingerprint density at radius 2 is 2.00 bits per heavy atom. The summed E-state index contributed by atoms with van der Waals surface area (Å²) < 4.78 is 6.78. The first kappa shape index (κ1) is 11.4. The first-order chi connectivity index (χ1) is 8.24. The van der Waals surface area contributed by atoms with Gasteiger partial charge >= 0.3 is 0 Å². The van der Waals surface area contributed by atoms with E-state index in [9.17, 15) is 4.79 Å². The molecular weight excluding hydrogens is 216 g/mol. The third kappa shape index (κ3) is 2.36. The monoisotopic (exact) mass is 230 g/mol. The van der Waals surface area contributed by atoms with Crippen LogP contribution in [0.3, 0.4) is 0 Å². The standard InChI is InChI=1S/C13H14N2O2/c1-3-15-9-11(8-14-15)13(16)10-4-6-12(17-2)7-5-10/h4-9H,3H2,1-2H3. The highest BCUT2D eigenvalue weighted by atomic mass is 16.5. The maximum Gasteiger partial charge on any atom is 0.196 e. The van der Waals surface area contributed by atoms with Crippen molar-refractivity contribution in [1.29, 1.82) is 0 Å². The number of carbonyl (C=O) groups excluding carboxylic acids is 1. The molecule has 1 aromatic heterocycles. The van der Waals surface area contributed by atoms with E-state index in [1.807, 2.05) is 6.92 Å². The average Bonchev–Trinajstić information content (AvgIpc) is 2.87. The van der Waals surface area contributed by atoms with Crippen LogP contribution in [0.2, 0.25) is 0 Å². The Balaban J connectivity index is 2.23. The van der Waals surface area contributed by atoms with Crippen LogP contribution < -0.4 is 4.74 Å². The molecule has 0 unspecified atom stereocenters. The number of aromatic nitrogens is 2. The minimum Gasteiger partial charge on any atom is -0.497 e. The summed E-state index contributed by atoms with van der Waals surface area (Å²) in [5.74, 6) is 0.721. The van der Waals surface area contributed by atoms with E-state index in [0.717, 1.165) is 12.3 Å². The normalized spacial score (nSPS) is 10.2. The van der Waals surface area contributed by atoms with E-state index in [4.69, 9.17) is 4.74 Å². The Kier molecular flexibility index (Phi) is 3.23. The zero-order valence-corrected chi connectivity index (χ0v) is 9.88. The van der Waals surface area contributed by atoms with E-state index in [1.54, 1.807) is 48.5 Å². The van der Waals surface area contributed by atoms with E-state index in [1.165, 1.54) is 0 Å². The lowest BCUT2D eigenvalue weighted by Gasteiger charge is -2.01. The Morgan fingerprint density at radius 1 is 1.29 bits per heavy atom. The van der Waals surface area contributed by atoms with Gasteiger partial charge in [-0.2, -0.15) is 5.10 Å². The molecule has 4 nitrogen and oxygen atoms in total. The van der Waals surface area contributed by atoms with Crippen molar-refractivity contribution in [2.45, 2.75) is 13.5 Å². The molecule has 0 atom stereocenters. The van der Waals surface area contributed by atoms with Crippen molar-refractivity contribution >= 4 is 5.78 Å². The van der Waals surface area contributed by atoms with Gasteiger partial charge < -0.3 is 4.74 Å². The number of carbonyl (C=O) groups is 1. The molecule has 1 heterocycles. The molecule has 88 valence electrons. The molecule has 0 fully saturated rings. The number of ether oxygens (including phenoxy) is 1. The Labute approximate surface area is 99.8 Å². The predicted molar refractivity (Wildman–Crippen MR) is 64.3 cm³/mol. The second kappa shape index (κ2) is 4.82. The summed E-state index contributed by atoms with van der Waals surface area (Å²) in [5, 5.41) is 4.09. The number of aryl methyl sites for hydroxylation is 1. The molecule has 0 radical (unpaired) electrons. The highest BCUT2D eigenvalue weighted by Crippen LogP contribution is 2.14. The van der Waals surface area contributed by atoms with Crippen molar-refractivity contribution in [3.63, 3.8) is 0 Å². The molecule has 4 heteroatoms. The van der Waals surface area contributed by atoms with Gasteiger partial charge in [0.25, 0.3) is 0 Å². The number of methoxy groups -OCH3 is 1. The molecule has 0 bridgehead atoms. The third-order valence-electron chi connectivity index (χ3n) is 2.57. The molecule has 0 N–H and O–H groups in total. The first-order valence-corrected chi connectivity index (χ1v) is 5.45. The number of nitrogens with zero attached hydrogens (tertiary/aromatic N) is 2. The molecule has 0 saturated carbocycles. The van der Waals surface area contributed by atoms with Crippen LogP contribution in [-0.4, -0.2) is 22.7 Å². The van der Waals surface area contributed by atoms with Crippen molar-refractivity contribution < 1.29 is 9.53 Å². The Morgan fingerprint density at radius 3 is 2.53 bits per heavy atom. The highest BCUT2D eigenvalue weighted by Gasteiger charge is 2.10. The van der Waals surface area contributed by atoms with E-state index >= 15 is 0 Å². The predicted octanol–water partition coefficient (Wildman–Crippen LogP) is 2.14. The maximum absolute atomic E-state index is 12.1. The lowest BCUT2D eigenvalue weighted by molar-refractivity contribution is 0.103. The molecule has 2 aromatic rings. The van der Waals surface area contributed by atoms with E-state index in [-0.39, 0.29) is 5.78 Å². The molecule has 0 aliphatic rings. The fourth-order valence-corrected chi connectivity index (χ4v) is 1.56. The topological polar surface area (TPSA) is 44.1 Å². The van der Waals surface area contributed by atoms with Gasteiger partial charge in [0.05, 0.1) is 18.9 Å². The van der Waals surface area contributed by atoms with Gasteiger partial charge in [-0.3, -0.25) is 9.48 Å². The molecule has 0 amide bonds. The van der Waals surface area contributed by atoms with Gasteiger partial charge in [-0.25, -0.2) is 0 Å². The van der Waals surface area contributed by atoms with Gasteiger partial charge in [0.2, 0.25) is 0 Å². The third-order valence-corrected chi connectivity index (χ3v) is 2.57. The van der Waals surface area contributed by atoms with Crippen molar-refractivity contribution in [3.05, 3.63) is 47.8 Å². The van der Waals surface area contributed by atoms with E-state index in [0.29, 0.717) is 11.1 Å². The molecule has 2 rings (SSSR count). The summed E-state index contributed by atoms with van der Waals surface area (Å²) in [6.45, 7) is 2.74. The fraction of sp³-hybridized carbons (Fsp3) is 0.231. The molecule has 1 aromatic carbocycles. The smallest absolute Gasteiger partial charge is 0.196 e. The summed E-state index contributed by atoms with van der Waals surface area (Å²) in [6.07, 6.45) is 3.35. The molecular formula is C13H14N2O2. The van der Waals surface area contributed by atoms with Crippen LogP contribution in [0.25, 0.3) is 0 Å². The number of benzene rings is 1. The second-order valence-corrected chi connectivity index (χ2v) is 3.64. The zero-order valence-electron chi connectivity index (χ0n) is 9.88. The van der Waals surface area contributed by atoms with E-state index < -0.39 is 0 Å². The van der Waals surface area contributed by atoms with E-state index in [2.05, 4.69) is 5.10 Å². The SMILES string of the molecule is CCn1cc(C(=O)c2ccc(OC)cc2)cn1. The molecule has 0 aliphatic heterocycles. The fourth-order valence-electron chi connectivity index (χ4n) is 1.56. The molecule has 0 spiro atoms. The van der Waals surface area contributed by atoms with Gasteiger partial charge in [-0.15, -0.1) is 0 Å².